The lowest BCUT2D eigenvalue weighted by atomic mass is 9.70. The second kappa shape index (κ2) is 7.92. The van der Waals surface area contributed by atoms with Gasteiger partial charge in [-0.3, -0.25) is 9.59 Å². The summed E-state index contributed by atoms with van der Waals surface area (Å²) in [6.07, 6.45) is 2.46. The Bertz CT molecular complexity index is 788. The Balaban J connectivity index is 2.04. The van der Waals surface area contributed by atoms with Gasteiger partial charge in [0.15, 0.2) is 0 Å². The predicted molar refractivity (Wildman–Crippen MR) is 113 cm³/mol. The number of nitrogens with one attached hydrogen (secondary N) is 1. The van der Waals surface area contributed by atoms with Crippen molar-refractivity contribution in [3.63, 3.8) is 0 Å². The van der Waals surface area contributed by atoms with Crippen molar-refractivity contribution < 1.29 is 19.1 Å². The first-order valence-corrected chi connectivity index (χ1v) is 10.7. The zero-order chi connectivity index (χ0) is 21.6. The summed E-state index contributed by atoms with van der Waals surface area (Å²) in [5, 5.41) is 3.88. The largest absolute Gasteiger partial charge is 0.458 e. The van der Waals surface area contributed by atoms with Crippen molar-refractivity contribution in [1.29, 1.82) is 0 Å². The van der Waals surface area contributed by atoms with Gasteiger partial charge in [0.25, 0.3) is 0 Å². The van der Waals surface area contributed by atoms with E-state index in [1.807, 2.05) is 39.8 Å². The summed E-state index contributed by atoms with van der Waals surface area (Å²) in [6.45, 7) is 9.63. The highest BCUT2D eigenvalue weighted by atomic mass is 35.5. The SMILES string of the molecule is COC1(C)CCC2(CC1)NC(=O)C(c1c(C)cc(Cl)cc1C)C2OC(=O)C(C)C. The second-order valence-corrected chi connectivity index (χ2v) is 9.68. The van der Waals surface area contributed by atoms with Crippen LogP contribution in [-0.2, 0) is 19.1 Å². The van der Waals surface area contributed by atoms with Gasteiger partial charge in [0.05, 0.1) is 17.1 Å². The Labute approximate surface area is 178 Å². The summed E-state index contributed by atoms with van der Waals surface area (Å²) >= 11 is 6.22. The highest BCUT2D eigenvalue weighted by Gasteiger charge is 2.58. The van der Waals surface area contributed by atoms with Crippen LogP contribution in [-0.4, -0.2) is 36.2 Å². The molecular weight excluding hydrogens is 390 g/mol. The number of methoxy groups -OCH3 is 1. The summed E-state index contributed by atoms with van der Waals surface area (Å²) in [4.78, 5) is 25.9. The van der Waals surface area contributed by atoms with Gasteiger partial charge >= 0.3 is 5.97 Å². The van der Waals surface area contributed by atoms with Crippen molar-refractivity contribution in [1.82, 2.24) is 5.32 Å². The van der Waals surface area contributed by atoms with Crippen LogP contribution in [0.3, 0.4) is 0 Å². The standard InChI is InChI=1S/C23H32ClNO4/c1-13(2)21(27)29-19-18(17-14(3)11-16(24)12-15(17)4)20(26)25-23(19)9-7-22(5,28-6)8-10-23/h11-13,18-19H,7-10H2,1-6H3,(H,25,26). The Morgan fingerprint density at radius 3 is 2.21 bits per heavy atom. The lowest BCUT2D eigenvalue weighted by molar-refractivity contribution is -0.159. The topological polar surface area (TPSA) is 64.6 Å². The van der Waals surface area contributed by atoms with E-state index in [4.69, 9.17) is 21.1 Å². The minimum atomic E-state index is -0.567. The number of benzene rings is 1. The molecule has 0 aromatic heterocycles. The Hall–Kier alpha value is -1.59. The van der Waals surface area contributed by atoms with Crippen LogP contribution in [0.5, 0.6) is 0 Å². The Morgan fingerprint density at radius 2 is 1.72 bits per heavy atom. The van der Waals surface area contributed by atoms with Crippen LogP contribution in [0.4, 0.5) is 0 Å². The number of carbonyl (C=O) groups is 2. The van der Waals surface area contributed by atoms with Crippen molar-refractivity contribution in [2.75, 3.05) is 7.11 Å². The fraction of sp³-hybridized carbons (Fsp3) is 0.652. The van der Waals surface area contributed by atoms with Crippen LogP contribution in [0.1, 0.15) is 69.1 Å². The van der Waals surface area contributed by atoms with Gasteiger partial charge in [-0.25, -0.2) is 0 Å². The second-order valence-electron chi connectivity index (χ2n) is 9.24. The van der Waals surface area contributed by atoms with Crippen LogP contribution < -0.4 is 5.32 Å². The number of amides is 1. The molecule has 2 atom stereocenters. The van der Waals surface area contributed by atoms with E-state index in [1.165, 1.54) is 0 Å². The summed E-state index contributed by atoms with van der Waals surface area (Å²) in [7, 11) is 1.73. The summed E-state index contributed by atoms with van der Waals surface area (Å²) in [6, 6.07) is 3.73. The summed E-state index contributed by atoms with van der Waals surface area (Å²) in [5.74, 6) is -1.16. The van der Waals surface area contributed by atoms with Crippen LogP contribution in [0.2, 0.25) is 5.02 Å². The number of aryl methyl sites for hydroxylation is 2. The van der Waals surface area contributed by atoms with E-state index in [2.05, 4.69) is 12.2 Å². The molecule has 0 bridgehead atoms. The Kier molecular flexibility index (Phi) is 6.03. The molecule has 1 aromatic carbocycles. The van der Waals surface area contributed by atoms with Gasteiger partial charge in [-0.1, -0.05) is 25.4 Å². The molecule has 1 heterocycles. The molecule has 1 N–H and O–H groups in total. The molecule has 160 valence electrons. The molecule has 2 fully saturated rings. The number of hydrogen-bond acceptors (Lipinski definition) is 4. The molecule has 2 unspecified atom stereocenters. The highest BCUT2D eigenvalue weighted by Crippen LogP contribution is 2.48. The van der Waals surface area contributed by atoms with E-state index in [9.17, 15) is 9.59 Å². The van der Waals surface area contributed by atoms with Gasteiger partial charge in [0.2, 0.25) is 5.91 Å². The molecule has 1 aromatic rings. The summed E-state index contributed by atoms with van der Waals surface area (Å²) < 4.78 is 11.7. The maximum atomic E-state index is 13.3. The Morgan fingerprint density at radius 1 is 1.17 bits per heavy atom. The van der Waals surface area contributed by atoms with Crippen molar-refractivity contribution >= 4 is 23.5 Å². The number of carbonyl (C=O) groups excluding carboxylic acids is 2. The third kappa shape index (κ3) is 4.04. The van der Waals surface area contributed by atoms with E-state index >= 15 is 0 Å². The van der Waals surface area contributed by atoms with E-state index in [1.54, 1.807) is 7.11 Å². The number of rotatable bonds is 4. The zero-order valence-corrected chi connectivity index (χ0v) is 19.0. The fourth-order valence-electron chi connectivity index (χ4n) is 4.83. The molecule has 29 heavy (non-hydrogen) atoms. The van der Waals surface area contributed by atoms with Gasteiger partial charge in [-0.05, 0) is 75.3 Å². The minimum absolute atomic E-state index is 0.0823. The van der Waals surface area contributed by atoms with E-state index in [-0.39, 0.29) is 23.4 Å². The van der Waals surface area contributed by atoms with Crippen molar-refractivity contribution in [3.8, 4) is 0 Å². The van der Waals surface area contributed by atoms with E-state index in [0.717, 1.165) is 29.5 Å². The molecule has 1 spiro atoms. The molecule has 1 aliphatic heterocycles. The van der Waals surface area contributed by atoms with Crippen molar-refractivity contribution in [2.24, 2.45) is 5.92 Å². The quantitative estimate of drug-likeness (QED) is 0.729. The first-order valence-electron chi connectivity index (χ1n) is 10.4. The normalized spacial score (nSPS) is 31.9. The van der Waals surface area contributed by atoms with Crippen LogP contribution in [0.15, 0.2) is 12.1 Å². The first-order chi connectivity index (χ1) is 13.5. The zero-order valence-electron chi connectivity index (χ0n) is 18.2. The van der Waals surface area contributed by atoms with Crippen LogP contribution in [0.25, 0.3) is 0 Å². The number of halogens is 1. The molecule has 1 aliphatic carbocycles. The molecular formula is C23H32ClNO4. The lowest BCUT2D eigenvalue weighted by Gasteiger charge is -2.45. The molecule has 3 rings (SSSR count). The average molecular weight is 422 g/mol. The van der Waals surface area contributed by atoms with Crippen LogP contribution >= 0.6 is 11.6 Å². The number of ether oxygens (including phenoxy) is 2. The molecule has 5 nitrogen and oxygen atoms in total. The van der Waals surface area contributed by atoms with Gasteiger partial charge < -0.3 is 14.8 Å². The molecule has 0 radical (unpaired) electrons. The number of esters is 1. The van der Waals surface area contributed by atoms with Gasteiger partial charge in [0.1, 0.15) is 12.0 Å². The third-order valence-corrected chi connectivity index (χ3v) is 7.00. The van der Waals surface area contributed by atoms with Gasteiger partial charge in [0, 0.05) is 12.1 Å². The molecule has 1 amide bonds. The smallest absolute Gasteiger partial charge is 0.308 e. The van der Waals surface area contributed by atoms with Gasteiger partial charge in [-0.2, -0.15) is 0 Å². The fourth-order valence-corrected chi connectivity index (χ4v) is 5.15. The average Bonchev–Trinajstić information content (AvgIpc) is 2.89. The maximum absolute atomic E-state index is 13.3. The molecule has 2 aliphatic rings. The van der Waals surface area contributed by atoms with Crippen LogP contribution in [0, 0.1) is 19.8 Å². The molecule has 6 heteroatoms. The third-order valence-electron chi connectivity index (χ3n) is 6.78. The lowest BCUT2D eigenvalue weighted by Crippen LogP contribution is -2.55. The predicted octanol–water partition coefficient (Wildman–Crippen LogP) is 4.46. The minimum Gasteiger partial charge on any atom is -0.458 e. The number of hydrogen-bond donors (Lipinski definition) is 1. The van der Waals surface area contributed by atoms with E-state index < -0.39 is 17.6 Å². The highest BCUT2D eigenvalue weighted by molar-refractivity contribution is 6.30. The van der Waals surface area contributed by atoms with Gasteiger partial charge in [-0.15, -0.1) is 0 Å². The maximum Gasteiger partial charge on any atom is 0.308 e. The van der Waals surface area contributed by atoms with E-state index in [0.29, 0.717) is 17.9 Å². The monoisotopic (exact) mass is 421 g/mol. The summed E-state index contributed by atoms with van der Waals surface area (Å²) in [5.41, 5.74) is 2.01. The molecule has 1 saturated carbocycles. The van der Waals surface area contributed by atoms with Crippen molar-refractivity contribution in [3.05, 3.63) is 33.8 Å². The van der Waals surface area contributed by atoms with Crippen molar-refractivity contribution in [2.45, 2.75) is 83.5 Å². The first kappa shape index (κ1) is 22.1. The molecule has 1 saturated heterocycles.